The Hall–Kier alpha value is -1.89. The normalized spacial score (nSPS) is 11.4. The minimum absolute atomic E-state index is 0.0257. The molecule has 0 spiro atoms. The number of benzene rings is 1. The van der Waals surface area contributed by atoms with Crippen LogP contribution in [-0.2, 0) is 19.1 Å². The second-order valence-electron chi connectivity index (χ2n) is 4.63. The quantitative estimate of drug-likeness (QED) is 0.695. The van der Waals surface area contributed by atoms with E-state index in [9.17, 15) is 14.4 Å². The molecule has 0 saturated carbocycles. The number of halogens is 1. The zero-order valence-corrected chi connectivity index (χ0v) is 14.7. The molecule has 1 rings (SSSR count). The highest BCUT2D eigenvalue weighted by Crippen LogP contribution is 2.11. The molecule has 0 bridgehead atoms. The minimum atomic E-state index is -0.893. The van der Waals surface area contributed by atoms with Gasteiger partial charge in [-0.2, -0.15) is 0 Å². The van der Waals surface area contributed by atoms with E-state index < -0.39 is 23.9 Å². The first kappa shape index (κ1) is 19.2. The van der Waals surface area contributed by atoms with Gasteiger partial charge in [0.15, 0.2) is 0 Å². The van der Waals surface area contributed by atoms with Crippen LogP contribution in [0.3, 0.4) is 0 Å². The Labute approximate surface area is 143 Å². The first-order valence-electron chi connectivity index (χ1n) is 7.36. The van der Waals surface area contributed by atoms with Crippen molar-refractivity contribution in [1.29, 1.82) is 0 Å². The summed E-state index contributed by atoms with van der Waals surface area (Å²) in [7, 11) is 0. The molecule has 1 N–H and O–H groups in total. The van der Waals surface area contributed by atoms with Gasteiger partial charge in [-0.05, 0) is 44.5 Å². The van der Waals surface area contributed by atoms with Crippen LogP contribution in [0.4, 0.5) is 0 Å². The Kier molecular flexibility index (Phi) is 8.32. The van der Waals surface area contributed by atoms with Crippen molar-refractivity contribution < 1.29 is 23.9 Å². The number of esters is 2. The molecule has 1 aromatic rings. The molecule has 1 amide bonds. The van der Waals surface area contributed by atoms with E-state index in [1.807, 2.05) is 0 Å². The molecule has 1 atom stereocenters. The third-order valence-electron chi connectivity index (χ3n) is 2.93. The van der Waals surface area contributed by atoms with Gasteiger partial charge in [0.25, 0.3) is 5.91 Å². The second kappa shape index (κ2) is 9.99. The highest BCUT2D eigenvalue weighted by atomic mass is 79.9. The number of hydrogen-bond acceptors (Lipinski definition) is 5. The van der Waals surface area contributed by atoms with Gasteiger partial charge >= 0.3 is 11.9 Å². The minimum Gasteiger partial charge on any atom is -0.466 e. The van der Waals surface area contributed by atoms with Crippen LogP contribution in [-0.4, -0.2) is 37.1 Å². The fourth-order valence-corrected chi connectivity index (χ4v) is 2.09. The number of carbonyl (C=O) groups is 3. The van der Waals surface area contributed by atoms with E-state index in [1.165, 1.54) is 0 Å². The molecule has 0 aliphatic rings. The average molecular weight is 386 g/mol. The van der Waals surface area contributed by atoms with E-state index in [-0.39, 0.29) is 26.1 Å². The zero-order valence-electron chi connectivity index (χ0n) is 13.1. The van der Waals surface area contributed by atoms with Crippen LogP contribution in [0.2, 0.25) is 0 Å². The van der Waals surface area contributed by atoms with E-state index >= 15 is 0 Å². The molecule has 0 aliphatic carbocycles. The number of ether oxygens (including phenoxy) is 2. The highest BCUT2D eigenvalue weighted by Gasteiger charge is 2.23. The first-order valence-corrected chi connectivity index (χ1v) is 8.15. The van der Waals surface area contributed by atoms with Gasteiger partial charge in [0.2, 0.25) is 0 Å². The fourth-order valence-electron chi connectivity index (χ4n) is 1.83. The number of carbonyl (C=O) groups excluding carboxylic acids is 3. The lowest BCUT2D eigenvalue weighted by Gasteiger charge is -2.17. The number of nitrogens with one attached hydrogen (secondary N) is 1. The molecular weight excluding hydrogens is 366 g/mol. The largest absolute Gasteiger partial charge is 0.466 e. The van der Waals surface area contributed by atoms with Crippen molar-refractivity contribution in [3.63, 3.8) is 0 Å². The molecule has 0 aliphatic heterocycles. The number of rotatable bonds is 8. The third-order valence-corrected chi connectivity index (χ3v) is 3.45. The Morgan fingerprint density at radius 3 is 2.26 bits per heavy atom. The molecule has 0 aromatic heterocycles. The van der Waals surface area contributed by atoms with Crippen molar-refractivity contribution in [3.05, 3.63) is 34.3 Å². The van der Waals surface area contributed by atoms with Gasteiger partial charge < -0.3 is 14.8 Å². The van der Waals surface area contributed by atoms with Crippen molar-refractivity contribution in [2.24, 2.45) is 0 Å². The van der Waals surface area contributed by atoms with E-state index in [0.717, 1.165) is 4.47 Å². The van der Waals surface area contributed by atoms with E-state index in [4.69, 9.17) is 9.47 Å². The van der Waals surface area contributed by atoms with Crippen LogP contribution in [0.5, 0.6) is 0 Å². The smallest absolute Gasteiger partial charge is 0.328 e. The molecular formula is C16H20BrNO5. The van der Waals surface area contributed by atoms with Crippen LogP contribution in [0.1, 0.15) is 37.0 Å². The Morgan fingerprint density at radius 1 is 1.09 bits per heavy atom. The predicted octanol–water partition coefficient (Wildman–Crippen LogP) is 2.45. The van der Waals surface area contributed by atoms with Gasteiger partial charge in [0.1, 0.15) is 6.04 Å². The maximum absolute atomic E-state index is 12.2. The summed E-state index contributed by atoms with van der Waals surface area (Å²) in [5, 5.41) is 2.60. The molecule has 0 fully saturated rings. The molecule has 0 radical (unpaired) electrons. The molecule has 7 heteroatoms. The zero-order chi connectivity index (χ0) is 17.2. The van der Waals surface area contributed by atoms with Gasteiger partial charge in [-0.15, -0.1) is 0 Å². The number of hydrogen-bond donors (Lipinski definition) is 1. The van der Waals surface area contributed by atoms with Crippen LogP contribution < -0.4 is 5.32 Å². The van der Waals surface area contributed by atoms with Crippen molar-refractivity contribution in [2.45, 2.75) is 32.7 Å². The predicted molar refractivity (Wildman–Crippen MR) is 87.9 cm³/mol. The van der Waals surface area contributed by atoms with Gasteiger partial charge in [-0.1, -0.05) is 15.9 Å². The molecule has 0 heterocycles. The first-order chi connectivity index (χ1) is 11.0. The van der Waals surface area contributed by atoms with Gasteiger partial charge in [0, 0.05) is 16.5 Å². The maximum atomic E-state index is 12.2. The van der Waals surface area contributed by atoms with Crippen molar-refractivity contribution >= 4 is 33.8 Å². The monoisotopic (exact) mass is 385 g/mol. The summed E-state index contributed by atoms with van der Waals surface area (Å²) >= 11 is 3.29. The summed E-state index contributed by atoms with van der Waals surface area (Å²) < 4.78 is 10.6. The highest BCUT2D eigenvalue weighted by molar-refractivity contribution is 9.10. The molecule has 23 heavy (non-hydrogen) atoms. The van der Waals surface area contributed by atoms with Crippen LogP contribution >= 0.6 is 15.9 Å². The lowest BCUT2D eigenvalue weighted by molar-refractivity contribution is -0.146. The van der Waals surface area contributed by atoms with Crippen LogP contribution in [0, 0.1) is 0 Å². The average Bonchev–Trinajstić information content (AvgIpc) is 2.52. The Bertz CT molecular complexity index is 544. The summed E-state index contributed by atoms with van der Waals surface area (Å²) in [5.74, 6) is -1.39. The molecule has 1 unspecified atom stereocenters. The van der Waals surface area contributed by atoms with Crippen LogP contribution in [0.15, 0.2) is 28.7 Å². The van der Waals surface area contributed by atoms with Crippen molar-refractivity contribution in [2.75, 3.05) is 13.2 Å². The summed E-state index contributed by atoms with van der Waals surface area (Å²) in [6, 6.07) is 5.83. The summed E-state index contributed by atoms with van der Waals surface area (Å²) in [5.41, 5.74) is 0.415. The summed E-state index contributed by atoms with van der Waals surface area (Å²) in [6.07, 6.45) is 0.151. The topological polar surface area (TPSA) is 81.7 Å². The second-order valence-corrected chi connectivity index (χ2v) is 5.54. The maximum Gasteiger partial charge on any atom is 0.328 e. The lowest BCUT2D eigenvalue weighted by atomic mass is 10.1. The van der Waals surface area contributed by atoms with Crippen molar-refractivity contribution in [3.8, 4) is 0 Å². The molecule has 6 nitrogen and oxygen atoms in total. The Morgan fingerprint density at radius 2 is 1.70 bits per heavy atom. The number of amides is 1. The lowest BCUT2D eigenvalue weighted by Crippen LogP contribution is -2.42. The third kappa shape index (κ3) is 6.81. The standard InChI is InChI=1S/C16H20BrNO5/c1-3-22-14(19)10-9-13(16(21)23-4-2)18-15(20)11-5-7-12(17)8-6-11/h5-8,13H,3-4,9-10H2,1-2H3,(H,18,20). The summed E-state index contributed by atoms with van der Waals surface area (Å²) in [4.78, 5) is 35.6. The van der Waals surface area contributed by atoms with Gasteiger partial charge in [0.05, 0.1) is 13.2 Å². The van der Waals surface area contributed by atoms with Crippen LogP contribution in [0.25, 0.3) is 0 Å². The Balaban J connectivity index is 2.71. The van der Waals surface area contributed by atoms with E-state index in [2.05, 4.69) is 21.2 Å². The summed E-state index contributed by atoms with van der Waals surface area (Å²) in [6.45, 7) is 3.85. The molecule has 126 valence electrons. The van der Waals surface area contributed by atoms with Gasteiger partial charge in [-0.25, -0.2) is 4.79 Å². The van der Waals surface area contributed by atoms with E-state index in [1.54, 1.807) is 38.1 Å². The molecule has 1 aromatic carbocycles. The van der Waals surface area contributed by atoms with E-state index in [0.29, 0.717) is 5.56 Å². The van der Waals surface area contributed by atoms with Gasteiger partial charge in [-0.3, -0.25) is 9.59 Å². The van der Waals surface area contributed by atoms with Crippen molar-refractivity contribution in [1.82, 2.24) is 5.32 Å². The SMILES string of the molecule is CCOC(=O)CCC(NC(=O)c1ccc(Br)cc1)C(=O)OCC. The fraction of sp³-hybridized carbons (Fsp3) is 0.438. The molecule has 0 saturated heterocycles.